The molecular formula is C21H27N3O6. The predicted octanol–water partition coefficient (Wildman–Crippen LogP) is 1.84. The second kappa shape index (κ2) is 10.6. The van der Waals surface area contributed by atoms with E-state index in [-0.39, 0.29) is 25.1 Å². The lowest BCUT2D eigenvalue weighted by molar-refractivity contribution is -0.127. The first-order chi connectivity index (χ1) is 14.5. The van der Waals surface area contributed by atoms with Crippen LogP contribution in [0.3, 0.4) is 0 Å². The van der Waals surface area contributed by atoms with Gasteiger partial charge in [-0.2, -0.15) is 0 Å². The van der Waals surface area contributed by atoms with E-state index < -0.39 is 18.3 Å². The number of morpholine rings is 1. The van der Waals surface area contributed by atoms with E-state index in [1.807, 2.05) is 30.3 Å². The molecule has 1 unspecified atom stereocenters. The normalized spacial score (nSPS) is 20.2. The number of carbonyl (C=O) groups is 3. The van der Waals surface area contributed by atoms with Crippen molar-refractivity contribution in [2.75, 3.05) is 32.8 Å². The number of nitrogens with zero attached hydrogens (tertiary/aromatic N) is 2. The number of likely N-dealkylation sites (tertiary alicyclic amines) is 1. The summed E-state index contributed by atoms with van der Waals surface area (Å²) in [5.41, 5.74) is 0.924. The van der Waals surface area contributed by atoms with E-state index in [1.54, 1.807) is 11.0 Å². The molecular weight excluding hydrogens is 390 g/mol. The number of rotatable bonds is 5. The van der Waals surface area contributed by atoms with E-state index >= 15 is 0 Å². The highest BCUT2D eigenvalue weighted by Gasteiger charge is 2.25. The van der Waals surface area contributed by atoms with Crippen molar-refractivity contribution in [1.29, 1.82) is 0 Å². The number of amides is 3. The highest BCUT2D eigenvalue weighted by Crippen LogP contribution is 2.13. The van der Waals surface area contributed by atoms with Crippen LogP contribution in [0.1, 0.15) is 18.4 Å². The maximum absolute atomic E-state index is 12.4. The van der Waals surface area contributed by atoms with Crippen LogP contribution in [0.5, 0.6) is 0 Å². The fourth-order valence-electron chi connectivity index (χ4n) is 3.44. The highest BCUT2D eigenvalue weighted by atomic mass is 16.5. The summed E-state index contributed by atoms with van der Waals surface area (Å²) in [5, 5.41) is 11.9. The minimum atomic E-state index is -0.986. The van der Waals surface area contributed by atoms with Crippen LogP contribution in [-0.2, 0) is 20.9 Å². The summed E-state index contributed by atoms with van der Waals surface area (Å²) >= 11 is 0. The molecule has 0 spiro atoms. The molecule has 0 saturated carbocycles. The molecule has 2 heterocycles. The van der Waals surface area contributed by atoms with Gasteiger partial charge in [-0.25, -0.2) is 9.59 Å². The van der Waals surface area contributed by atoms with Gasteiger partial charge in [-0.05, 0) is 24.5 Å². The number of carbonyl (C=O) groups excluding carboxylic acids is 2. The first-order valence-electron chi connectivity index (χ1n) is 10.0. The van der Waals surface area contributed by atoms with E-state index in [4.69, 9.17) is 14.6 Å². The summed E-state index contributed by atoms with van der Waals surface area (Å²) < 4.78 is 10.7. The number of hydrogen-bond donors (Lipinski definition) is 2. The molecule has 1 atom stereocenters. The molecule has 2 saturated heterocycles. The van der Waals surface area contributed by atoms with E-state index in [9.17, 15) is 14.4 Å². The lowest BCUT2D eigenvalue weighted by atomic mass is 10.1. The number of alkyl carbamates (subject to hydrolysis) is 1. The van der Waals surface area contributed by atoms with Gasteiger partial charge in [0.05, 0.1) is 19.3 Å². The third-order valence-electron chi connectivity index (χ3n) is 5.16. The standard InChI is InChI=1S/C21H27N3O6/c25-19(7-6-18-14-24(21(27)28)12-13-29-18)23-10-8-17(9-11-23)22-20(26)30-15-16-4-2-1-3-5-16/h1-7,17-18H,8-15H2,(H,22,26)(H,27,28). The molecule has 2 aliphatic heterocycles. The average Bonchev–Trinajstić information content (AvgIpc) is 2.77. The SMILES string of the molecule is O=C(NC1CCN(C(=O)C=CC2CN(C(=O)O)CCO2)CC1)OCc1ccccc1. The molecule has 0 aliphatic carbocycles. The maximum atomic E-state index is 12.4. The van der Waals surface area contributed by atoms with Crippen molar-refractivity contribution in [1.82, 2.24) is 15.1 Å². The van der Waals surface area contributed by atoms with Crippen molar-refractivity contribution < 1.29 is 29.0 Å². The van der Waals surface area contributed by atoms with Gasteiger partial charge in [0.25, 0.3) is 0 Å². The third-order valence-corrected chi connectivity index (χ3v) is 5.16. The van der Waals surface area contributed by atoms with Gasteiger partial charge >= 0.3 is 12.2 Å². The van der Waals surface area contributed by atoms with Crippen molar-refractivity contribution in [2.45, 2.75) is 31.6 Å². The Labute approximate surface area is 175 Å². The van der Waals surface area contributed by atoms with Crippen LogP contribution in [0.4, 0.5) is 9.59 Å². The molecule has 30 heavy (non-hydrogen) atoms. The zero-order chi connectivity index (χ0) is 21.3. The molecule has 1 aromatic carbocycles. The summed E-state index contributed by atoms with van der Waals surface area (Å²) in [6, 6.07) is 9.43. The van der Waals surface area contributed by atoms with Gasteiger partial charge < -0.3 is 29.7 Å². The molecule has 9 nitrogen and oxygen atoms in total. The van der Waals surface area contributed by atoms with Crippen molar-refractivity contribution in [3.05, 3.63) is 48.0 Å². The van der Waals surface area contributed by atoms with Gasteiger partial charge in [0, 0.05) is 31.8 Å². The minimum Gasteiger partial charge on any atom is -0.465 e. The number of nitrogens with one attached hydrogen (secondary N) is 1. The number of benzene rings is 1. The Bertz CT molecular complexity index is 761. The maximum Gasteiger partial charge on any atom is 0.407 e. The van der Waals surface area contributed by atoms with Crippen LogP contribution in [0.25, 0.3) is 0 Å². The lowest BCUT2D eigenvalue weighted by Crippen LogP contribution is -2.46. The van der Waals surface area contributed by atoms with Crippen LogP contribution >= 0.6 is 0 Å². The van der Waals surface area contributed by atoms with E-state index in [0.29, 0.717) is 39.1 Å². The number of piperidine rings is 1. The zero-order valence-electron chi connectivity index (χ0n) is 16.7. The average molecular weight is 417 g/mol. The largest absolute Gasteiger partial charge is 0.465 e. The van der Waals surface area contributed by atoms with Crippen LogP contribution in [-0.4, -0.2) is 77.9 Å². The number of ether oxygens (including phenoxy) is 2. The van der Waals surface area contributed by atoms with Gasteiger partial charge in [0.2, 0.25) is 5.91 Å². The molecule has 2 fully saturated rings. The van der Waals surface area contributed by atoms with Gasteiger partial charge in [0.15, 0.2) is 0 Å². The minimum absolute atomic E-state index is 0.0351. The Morgan fingerprint density at radius 2 is 1.87 bits per heavy atom. The smallest absolute Gasteiger partial charge is 0.407 e. The Kier molecular flexibility index (Phi) is 7.67. The Morgan fingerprint density at radius 3 is 2.57 bits per heavy atom. The molecule has 2 aliphatic rings. The number of carboxylic acid groups (broad SMARTS) is 1. The van der Waals surface area contributed by atoms with Crippen molar-refractivity contribution in [3.8, 4) is 0 Å². The fraction of sp³-hybridized carbons (Fsp3) is 0.476. The van der Waals surface area contributed by atoms with Gasteiger partial charge in [0.1, 0.15) is 6.61 Å². The van der Waals surface area contributed by atoms with E-state index in [0.717, 1.165) is 5.56 Å². The Morgan fingerprint density at radius 1 is 1.13 bits per heavy atom. The molecule has 3 rings (SSSR count). The van der Waals surface area contributed by atoms with Crippen molar-refractivity contribution in [3.63, 3.8) is 0 Å². The van der Waals surface area contributed by atoms with E-state index in [1.165, 1.54) is 11.0 Å². The fourth-order valence-corrected chi connectivity index (χ4v) is 3.44. The van der Waals surface area contributed by atoms with Gasteiger partial charge in [-0.3, -0.25) is 4.79 Å². The second-order valence-electron chi connectivity index (χ2n) is 7.30. The predicted molar refractivity (Wildman–Crippen MR) is 108 cm³/mol. The first-order valence-corrected chi connectivity index (χ1v) is 10.0. The molecule has 2 N–H and O–H groups in total. The monoisotopic (exact) mass is 417 g/mol. The molecule has 3 amide bonds. The lowest BCUT2D eigenvalue weighted by Gasteiger charge is -2.32. The molecule has 0 aromatic heterocycles. The second-order valence-corrected chi connectivity index (χ2v) is 7.30. The topological polar surface area (TPSA) is 108 Å². The van der Waals surface area contributed by atoms with Crippen LogP contribution < -0.4 is 5.32 Å². The van der Waals surface area contributed by atoms with Crippen LogP contribution in [0.15, 0.2) is 42.5 Å². The summed E-state index contributed by atoms with van der Waals surface area (Å²) in [6.07, 6.45) is 2.48. The van der Waals surface area contributed by atoms with Gasteiger partial charge in [-0.1, -0.05) is 30.3 Å². The summed E-state index contributed by atoms with van der Waals surface area (Å²) in [7, 11) is 0. The molecule has 9 heteroatoms. The van der Waals surface area contributed by atoms with Gasteiger partial charge in [-0.15, -0.1) is 0 Å². The van der Waals surface area contributed by atoms with Crippen LogP contribution in [0.2, 0.25) is 0 Å². The molecule has 0 radical (unpaired) electrons. The molecule has 1 aromatic rings. The molecule has 162 valence electrons. The highest BCUT2D eigenvalue weighted by molar-refractivity contribution is 5.87. The Hall–Kier alpha value is -3.07. The first kappa shape index (κ1) is 21.6. The molecule has 0 bridgehead atoms. The van der Waals surface area contributed by atoms with Crippen LogP contribution in [0, 0.1) is 0 Å². The van der Waals surface area contributed by atoms with Crippen molar-refractivity contribution in [2.24, 2.45) is 0 Å². The van der Waals surface area contributed by atoms with E-state index in [2.05, 4.69) is 5.32 Å². The summed E-state index contributed by atoms with van der Waals surface area (Å²) in [4.78, 5) is 38.4. The zero-order valence-corrected chi connectivity index (χ0v) is 16.7. The summed E-state index contributed by atoms with van der Waals surface area (Å²) in [6.45, 7) is 2.14. The third kappa shape index (κ3) is 6.48. The number of hydrogen-bond acceptors (Lipinski definition) is 5. The Balaban J connectivity index is 1.36. The quantitative estimate of drug-likeness (QED) is 0.708. The summed E-state index contributed by atoms with van der Waals surface area (Å²) in [5.74, 6) is -0.142. The van der Waals surface area contributed by atoms with Crippen molar-refractivity contribution >= 4 is 18.1 Å².